The number of ketones is 1. The molecule has 1 atom stereocenters. The van der Waals surface area contributed by atoms with Crippen molar-refractivity contribution in [3.8, 4) is 0 Å². The van der Waals surface area contributed by atoms with E-state index in [1.807, 2.05) is 0 Å². The van der Waals surface area contributed by atoms with Gasteiger partial charge in [-0.3, -0.25) is 4.79 Å². The van der Waals surface area contributed by atoms with E-state index < -0.39 is 10.8 Å². The average molecular weight is 271 g/mol. The molecule has 80 valence electrons. The number of hydrogen-bond donors (Lipinski definition) is 1. The van der Waals surface area contributed by atoms with Crippen LogP contribution in [0.3, 0.4) is 0 Å². The SMILES string of the molecule is CC(=O)C(Br)c1c(C)cccc1C(=O)O. The molecule has 0 spiro atoms. The largest absolute Gasteiger partial charge is 0.478 e. The highest BCUT2D eigenvalue weighted by atomic mass is 79.9. The maximum absolute atomic E-state index is 11.2. The highest BCUT2D eigenvalue weighted by Gasteiger charge is 2.21. The van der Waals surface area contributed by atoms with Gasteiger partial charge in [0, 0.05) is 0 Å². The second kappa shape index (κ2) is 4.57. The van der Waals surface area contributed by atoms with E-state index in [1.165, 1.54) is 13.0 Å². The fourth-order valence-electron chi connectivity index (χ4n) is 1.41. The molecule has 1 unspecified atom stereocenters. The molecule has 0 aliphatic carbocycles. The number of carbonyl (C=O) groups excluding carboxylic acids is 1. The third kappa shape index (κ3) is 2.45. The number of carbonyl (C=O) groups is 2. The molecule has 1 aromatic rings. The second-order valence-electron chi connectivity index (χ2n) is 3.31. The van der Waals surface area contributed by atoms with Crippen molar-refractivity contribution in [2.75, 3.05) is 0 Å². The van der Waals surface area contributed by atoms with E-state index in [2.05, 4.69) is 15.9 Å². The van der Waals surface area contributed by atoms with Crippen LogP contribution in [-0.2, 0) is 4.79 Å². The monoisotopic (exact) mass is 270 g/mol. The third-order valence-electron chi connectivity index (χ3n) is 2.16. The van der Waals surface area contributed by atoms with Crippen molar-refractivity contribution in [3.05, 3.63) is 34.9 Å². The van der Waals surface area contributed by atoms with Gasteiger partial charge in [-0.1, -0.05) is 28.1 Å². The number of Topliss-reactive ketones (excluding diaryl/α,β-unsaturated/α-hetero) is 1. The van der Waals surface area contributed by atoms with E-state index >= 15 is 0 Å². The topological polar surface area (TPSA) is 54.4 Å². The van der Waals surface area contributed by atoms with Crippen molar-refractivity contribution in [2.24, 2.45) is 0 Å². The van der Waals surface area contributed by atoms with Crippen LogP contribution in [-0.4, -0.2) is 16.9 Å². The number of aryl methyl sites for hydroxylation is 1. The van der Waals surface area contributed by atoms with Gasteiger partial charge in [0.2, 0.25) is 0 Å². The lowest BCUT2D eigenvalue weighted by atomic mass is 9.97. The van der Waals surface area contributed by atoms with Crippen LogP contribution in [0.5, 0.6) is 0 Å². The van der Waals surface area contributed by atoms with Gasteiger partial charge in [0.1, 0.15) is 5.78 Å². The number of alkyl halides is 1. The number of rotatable bonds is 3. The molecule has 3 nitrogen and oxygen atoms in total. The summed E-state index contributed by atoms with van der Waals surface area (Å²) in [5, 5.41) is 8.99. The molecule has 1 N–H and O–H groups in total. The lowest BCUT2D eigenvalue weighted by Crippen LogP contribution is -2.10. The van der Waals surface area contributed by atoms with Crippen molar-refractivity contribution in [1.29, 1.82) is 0 Å². The zero-order valence-electron chi connectivity index (χ0n) is 8.45. The molecule has 4 heteroatoms. The van der Waals surface area contributed by atoms with Gasteiger partial charge in [0.25, 0.3) is 0 Å². The summed E-state index contributed by atoms with van der Waals surface area (Å²) >= 11 is 3.21. The summed E-state index contributed by atoms with van der Waals surface area (Å²) in [6.45, 7) is 3.22. The molecule has 0 saturated heterocycles. The van der Waals surface area contributed by atoms with Crippen LogP contribution in [0.2, 0.25) is 0 Å². The van der Waals surface area contributed by atoms with E-state index in [1.54, 1.807) is 19.1 Å². The molecule has 1 aromatic carbocycles. The van der Waals surface area contributed by atoms with Gasteiger partial charge in [0.15, 0.2) is 0 Å². The molecular formula is C11H11BrO3. The van der Waals surface area contributed by atoms with Crippen LogP contribution in [0, 0.1) is 6.92 Å². The zero-order chi connectivity index (χ0) is 11.6. The van der Waals surface area contributed by atoms with Crippen LogP contribution in [0.25, 0.3) is 0 Å². The number of halogens is 1. The molecule has 0 heterocycles. The first-order valence-electron chi connectivity index (χ1n) is 4.42. The Kier molecular flexibility index (Phi) is 3.63. The fraction of sp³-hybridized carbons (Fsp3) is 0.273. The van der Waals surface area contributed by atoms with Gasteiger partial charge in [0.05, 0.1) is 10.4 Å². The van der Waals surface area contributed by atoms with Crippen molar-refractivity contribution in [2.45, 2.75) is 18.7 Å². The minimum Gasteiger partial charge on any atom is -0.478 e. The highest BCUT2D eigenvalue weighted by Crippen LogP contribution is 2.29. The van der Waals surface area contributed by atoms with E-state index in [-0.39, 0.29) is 11.3 Å². The maximum atomic E-state index is 11.2. The molecule has 0 bridgehead atoms. The summed E-state index contributed by atoms with van der Waals surface area (Å²) < 4.78 is 0. The number of aromatic carboxylic acids is 1. The predicted octanol–water partition coefficient (Wildman–Crippen LogP) is 2.72. The Labute approximate surface area is 96.2 Å². The summed E-state index contributed by atoms with van der Waals surface area (Å²) in [5.74, 6) is -1.12. The lowest BCUT2D eigenvalue weighted by Gasteiger charge is -2.13. The average Bonchev–Trinajstić information content (AvgIpc) is 2.16. The summed E-state index contributed by atoms with van der Waals surface area (Å²) in [6.07, 6.45) is 0. The minimum atomic E-state index is -1.01. The third-order valence-corrected chi connectivity index (χ3v) is 3.27. The van der Waals surface area contributed by atoms with Gasteiger partial charge in [-0.05, 0) is 31.0 Å². The summed E-state index contributed by atoms with van der Waals surface area (Å²) in [5.41, 5.74) is 1.51. The number of carboxylic acid groups (broad SMARTS) is 1. The Morgan fingerprint density at radius 3 is 2.47 bits per heavy atom. The smallest absolute Gasteiger partial charge is 0.336 e. The molecule has 0 radical (unpaired) electrons. The van der Waals surface area contributed by atoms with Crippen LogP contribution in [0.4, 0.5) is 0 Å². The van der Waals surface area contributed by atoms with Gasteiger partial charge >= 0.3 is 5.97 Å². The van der Waals surface area contributed by atoms with E-state index in [0.717, 1.165) is 5.56 Å². The van der Waals surface area contributed by atoms with E-state index in [0.29, 0.717) is 5.56 Å². The summed E-state index contributed by atoms with van der Waals surface area (Å²) in [4.78, 5) is 21.6. The van der Waals surface area contributed by atoms with Crippen LogP contribution in [0.15, 0.2) is 18.2 Å². The molecule has 0 fully saturated rings. The molecule has 1 rings (SSSR count). The molecule has 0 amide bonds. The lowest BCUT2D eigenvalue weighted by molar-refractivity contribution is -0.116. The molecule has 0 aliphatic rings. The Morgan fingerprint density at radius 2 is 2.00 bits per heavy atom. The zero-order valence-corrected chi connectivity index (χ0v) is 10.0. The number of benzene rings is 1. The molecule has 15 heavy (non-hydrogen) atoms. The number of hydrogen-bond acceptors (Lipinski definition) is 2. The van der Waals surface area contributed by atoms with Gasteiger partial charge < -0.3 is 5.11 Å². The summed E-state index contributed by atoms with van der Waals surface area (Å²) in [6, 6.07) is 4.96. The van der Waals surface area contributed by atoms with E-state index in [4.69, 9.17) is 5.11 Å². The quantitative estimate of drug-likeness (QED) is 0.860. The molecule has 0 saturated carbocycles. The van der Waals surface area contributed by atoms with Gasteiger partial charge in [-0.25, -0.2) is 4.79 Å². The van der Waals surface area contributed by atoms with Crippen LogP contribution in [0.1, 0.15) is 33.2 Å². The Bertz CT molecular complexity index is 412. The van der Waals surface area contributed by atoms with Crippen LogP contribution < -0.4 is 0 Å². The Balaban J connectivity index is 3.37. The molecule has 0 aliphatic heterocycles. The van der Waals surface area contributed by atoms with Gasteiger partial charge in [-0.2, -0.15) is 0 Å². The van der Waals surface area contributed by atoms with Gasteiger partial charge in [-0.15, -0.1) is 0 Å². The molecular weight excluding hydrogens is 260 g/mol. The highest BCUT2D eigenvalue weighted by molar-refractivity contribution is 9.09. The van der Waals surface area contributed by atoms with Crippen molar-refractivity contribution in [1.82, 2.24) is 0 Å². The fourth-order valence-corrected chi connectivity index (χ4v) is 2.01. The van der Waals surface area contributed by atoms with Crippen molar-refractivity contribution >= 4 is 27.7 Å². The maximum Gasteiger partial charge on any atom is 0.336 e. The Hall–Kier alpha value is -1.16. The minimum absolute atomic E-state index is 0.105. The number of carboxylic acids is 1. The standard InChI is InChI=1S/C11H11BrO3/c1-6-4-3-5-8(11(14)15)9(6)10(12)7(2)13/h3-5,10H,1-2H3,(H,14,15). The van der Waals surface area contributed by atoms with E-state index in [9.17, 15) is 9.59 Å². The van der Waals surface area contributed by atoms with Crippen molar-refractivity contribution in [3.63, 3.8) is 0 Å². The first-order valence-corrected chi connectivity index (χ1v) is 5.34. The first kappa shape index (κ1) is 11.9. The predicted molar refractivity (Wildman–Crippen MR) is 60.5 cm³/mol. The second-order valence-corrected chi connectivity index (χ2v) is 4.23. The van der Waals surface area contributed by atoms with Crippen LogP contribution >= 0.6 is 15.9 Å². The van der Waals surface area contributed by atoms with Crippen molar-refractivity contribution < 1.29 is 14.7 Å². The molecule has 0 aromatic heterocycles. The summed E-state index contributed by atoms with van der Waals surface area (Å²) in [7, 11) is 0. The Morgan fingerprint density at radius 1 is 1.40 bits per heavy atom. The normalized spacial score (nSPS) is 12.2. The first-order chi connectivity index (χ1) is 6.95.